The molecule has 0 spiro atoms. The Balaban J connectivity index is 2.04. The normalized spacial score (nSPS) is 19.5. The van der Waals surface area contributed by atoms with Gasteiger partial charge >= 0.3 is 0 Å². The third kappa shape index (κ3) is 2.96. The van der Waals surface area contributed by atoms with Gasteiger partial charge in [0.1, 0.15) is 5.82 Å². The molecule has 1 fully saturated rings. The van der Waals surface area contributed by atoms with Crippen LogP contribution < -0.4 is 16.4 Å². The van der Waals surface area contributed by atoms with E-state index in [-0.39, 0.29) is 11.7 Å². The van der Waals surface area contributed by atoms with Crippen molar-refractivity contribution in [2.24, 2.45) is 5.73 Å². The van der Waals surface area contributed by atoms with Gasteiger partial charge in [-0.1, -0.05) is 6.07 Å². The van der Waals surface area contributed by atoms with E-state index < -0.39 is 11.7 Å². The average molecular weight is 253 g/mol. The van der Waals surface area contributed by atoms with E-state index in [1.807, 2.05) is 0 Å². The van der Waals surface area contributed by atoms with Crippen LogP contribution in [-0.2, 0) is 4.74 Å². The van der Waals surface area contributed by atoms with Crippen LogP contribution in [0.3, 0.4) is 0 Å². The van der Waals surface area contributed by atoms with Crippen molar-refractivity contribution in [3.8, 4) is 0 Å². The lowest BCUT2D eigenvalue weighted by molar-refractivity contribution is 0.0372. The number of nitrogens with one attached hydrogen (secondary N) is 2. The topological polar surface area (TPSA) is 76.4 Å². The maximum absolute atomic E-state index is 13.5. The summed E-state index contributed by atoms with van der Waals surface area (Å²) in [4.78, 5) is 11.2. The molecule has 5 nitrogen and oxygen atoms in total. The number of primary amides is 1. The second kappa shape index (κ2) is 5.79. The van der Waals surface area contributed by atoms with Crippen LogP contribution >= 0.6 is 0 Å². The monoisotopic (exact) mass is 253 g/mol. The predicted octanol–water partition coefficient (Wildman–Crippen LogP) is 0.325. The van der Waals surface area contributed by atoms with Crippen molar-refractivity contribution in [3.05, 3.63) is 29.6 Å². The summed E-state index contributed by atoms with van der Waals surface area (Å²) in [6.45, 7) is 2.71. The van der Waals surface area contributed by atoms with Crippen molar-refractivity contribution in [3.63, 3.8) is 0 Å². The van der Waals surface area contributed by atoms with Crippen LogP contribution in [0.2, 0.25) is 0 Å². The molecule has 1 aliphatic rings. The molecule has 98 valence electrons. The lowest BCUT2D eigenvalue weighted by Crippen LogP contribution is -2.42. The molecule has 1 aromatic rings. The van der Waals surface area contributed by atoms with Gasteiger partial charge in [0, 0.05) is 25.3 Å². The van der Waals surface area contributed by atoms with Gasteiger partial charge in [0.05, 0.1) is 18.3 Å². The number of carbonyl (C=O) groups excluding carboxylic acids is 1. The summed E-state index contributed by atoms with van der Waals surface area (Å²) in [5.41, 5.74) is 5.45. The second-order valence-corrected chi connectivity index (χ2v) is 4.10. The smallest absolute Gasteiger partial charge is 0.253 e. The molecule has 0 aliphatic carbocycles. The molecule has 1 atom stereocenters. The van der Waals surface area contributed by atoms with Crippen molar-refractivity contribution in [1.82, 2.24) is 5.32 Å². The third-order valence-electron chi connectivity index (χ3n) is 2.78. The Hall–Kier alpha value is -1.66. The fourth-order valence-electron chi connectivity index (χ4n) is 1.90. The number of ether oxygens (including phenoxy) is 1. The van der Waals surface area contributed by atoms with E-state index in [2.05, 4.69) is 10.6 Å². The molecule has 4 N–H and O–H groups in total. The second-order valence-electron chi connectivity index (χ2n) is 4.10. The molecule has 0 bridgehead atoms. The molecule has 2 rings (SSSR count). The van der Waals surface area contributed by atoms with E-state index in [1.165, 1.54) is 12.1 Å². The largest absolute Gasteiger partial charge is 0.382 e. The molecule has 1 aromatic carbocycles. The lowest BCUT2D eigenvalue weighted by atomic mass is 10.1. The van der Waals surface area contributed by atoms with Crippen molar-refractivity contribution < 1.29 is 13.9 Å². The number of anilines is 1. The fourth-order valence-corrected chi connectivity index (χ4v) is 1.90. The Morgan fingerprint density at radius 1 is 1.61 bits per heavy atom. The molecule has 1 saturated heterocycles. The Morgan fingerprint density at radius 2 is 2.44 bits per heavy atom. The van der Waals surface area contributed by atoms with Gasteiger partial charge in [-0.2, -0.15) is 0 Å². The molecule has 1 unspecified atom stereocenters. The molecule has 0 radical (unpaired) electrons. The van der Waals surface area contributed by atoms with E-state index in [1.54, 1.807) is 6.07 Å². The van der Waals surface area contributed by atoms with E-state index >= 15 is 0 Å². The van der Waals surface area contributed by atoms with E-state index in [4.69, 9.17) is 10.5 Å². The highest BCUT2D eigenvalue weighted by atomic mass is 19.1. The van der Waals surface area contributed by atoms with Gasteiger partial charge in [0.15, 0.2) is 0 Å². The van der Waals surface area contributed by atoms with Crippen LogP contribution in [0.4, 0.5) is 10.1 Å². The van der Waals surface area contributed by atoms with Crippen LogP contribution in [0.15, 0.2) is 18.2 Å². The van der Waals surface area contributed by atoms with Crippen molar-refractivity contribution >= 4 is 11.6 Å². The van der Waals surface area contributed by atoms with Gasteiger partial charge in [-0.3, -0.25) is 4.79 Å². The number of carbonyl (C=O) groups is 1. The maximum atomic E-state index is 13.5. The zero-order valence-electron chi connectivity index (χ0n) is 9.91. The highest BCUT2D eigenvalue weighted by Gasteiger charge is 2.16. The minimum absolute atomic E-state index is 0.00254. The van der Waals surface area contributed by atoms with Gasteiger partial charge in [-0.25, -0.2) is 4.39 Å². The Labute approximate surface area is 104 Å². The highest BCUT2D eigenvalue weighted by molar-refractivity contribution is 5.98. The summed E-state index contributed by atoms with van der Waals surface area (Å²) >= 11 is 0. The number of hydrogen-bond acceptors (Lipinski definition) is 4. The Bertz CT molecular complexity index is 433. The predicted molar refractivity (Wildman–Crippen MR) is 66.0 cm³/mol. The van der Waals surface area contributed by atoms with Crippen LogP contribution in [0.5, 0.6) is 0 Å². The molecule has 1 amide bonds. The fraction of sp³-hybridized carbons (Fsp3) is 0.417. The van der Waals surface area contributed by atoms with Crippen LogP contribution in [0.1, 0.15) is 10.4 Å². The van der Waals surface area contributed by atoms with Gasteiger partial charge < -0.3 is 21.1 Å². The zero-order chi connectivity index (χ0) is 13.0. The van der Waals surface area contributed by atoms with Crippen LogP contribution in [0.25, 0.3) is 0 Å². The lowest BCUT2D eigenvalue weighted by Gasteiger charge is -2.24. The summed E-state index contributed by atoms with van der Waals surface area (Å²) in [6, 6.07) is 4.37. The van der Waals surface area contributed by atoms with Gasteiger partial charge in [0.25, 0.3) is 5.91 Å². The molecule has 0 aromatic heterocycles. The average Bonchev–Trinajstić information content (AvgIpc) is 2.37. The number of benzene rings is 1. The highest BCUT2D eigenvalue weighted by Crippen LogP contribution is 2.18. The minimum atomic E-state index is -0.779. The van der Waals surface area contributed by atoms with Gasteiger partial charge in [0.2, 0.25) is 0 Å². The van der Waals surface area contributed by atoms with Gasteiger partial charge in [-0.05, 0) is 12.1 Å². The number of amides is 1. The van der Waals surface area contributed by atoms with Gasteiger partial charge in [-0.15, -0.1) is 0 Å². The first-order chi connectivity index (χ1) is 8.68. The van der Waals surface area contributed by atoms with E-state index in [9.17, 15) is 9.18 Å². The zero-order valence-corrected chi connectivity index (χ0v) is 9.91. The van der Waals surface area contributed by atoms with Crippen molar-refractivity contribution in [2.75, 3.05) is 31.6 Å². The molecular weight excluding hydrogens is 237 g/mol. The summed E-state index contributed by atoms with van der Waals surface area (Å²) in [5.74, 6) is -1.39. The first kappa shape index (κ1) is 12.8. The van der Waals surface area contributed by atoms with Crippen LogP contribution in [0, 0.1) is 5.82 Å². The van der Waals surface area contributed by atoms with Crippen molar-refractivity contribution in [1.29, 1.82) is 0 Å². The molecule has 18 heavy (non-hydrogen) atoms. The third-order valence-corrected chi connectivity index (χ3v) is 2.78. The summed E-state index contributed by atoms with van der Waals surface area (Å²) < 4.78 is 19.0. The van der Waals surface area contributed by atoms with Crippen LogP contribution in [-0.4, -0.2) is 38.3 Å². The summed E-state index contributed by atoms with van der Waals surface area (Å²) in [6.07, 6.45) is 0.00254. The molecular formula is C12H16FN3O2. The number of rotatable bonds is 4. The van der Waals surface area contributed by atoms with E-state index in [0.717, 1.165) is 13.1 Å². The number of morpholine rings is 1. The number of hydrogen-bond donors (Lipinski definition) is 3. The molecule has 0 saturated carbocycles. The number of nitrogens with two attached hydrogens (primary N) is 1. The summed E-state index contributed by atoms with van der Waals surface area (Å²) in [7, 11) is 0. The molecule has 1 aliphatic heterocycles. The van der Waals surface area contributed by atoms with E-state index in [0.29, 0.717) is 18.8 Å². The minimum Gasteiger partial charge on any atom is -0.382 e. The number of halogens is 1. The molecule has 1 heterocycles. The quantitative estimate of drug-likeness (QED) is 0.722. The first-order valence-corrected chi connectivity index (χ1v) is 5.83. The Kier molecular flexibility index (Phi) is 4.11. The first-order valence-electron chi connectivity index (χ1n) is 5.83. The summed E-state index contributed by atoms with van der Waals surface area (Å²) in [5, 5.41) is 6.19. The van der Waals surface area contributed by atoms with Crippen molar-refractivity contribution in [2.45, 2.75) is 6.10 Å². The Morgan fingerprint density at radius 3 is 3.11 bits per heavy atom. The standard InChI is InChI=1S/C12H16FN3O2/c13-9-2-1-3-10(11(9)12(14)17)16-7-8-6-15-4-5-18-8/h1-3,8,15-16H,4-7H2,(H2,14,17). The maximum Gasteiger partial charge on any atom is 0.253 e. The molecule has 6 heteroatoms. The SMILES string of the molecule is NC(=O)c1c(F)cccc1NCC1CNCCO1.